The lowest BCUT2D eigenvalue weighted by atomic mass is 10.1. The molecule has 3 rings (SSSR count). The van der Waals surface area contributed by atoms with E-state index in [1.807, 2.05) is 18.2 Å². The highest BCUT2D eigenvalue weighted by atomic mass is 35.5. The van der Waals surface area contributed by atoms with Gasteiger partial charge in [0.25, 0.3) is 0 Å². The maximum absolute atomic E-state index is 10.3. The monoisotopic (exact) mass is 466 g/mol. The maximum atomic E-state index is 10.3. The van der Waals surface area contributed by atoms with Crippen molar-refractivity contribution in [3.8, 4) is 11.5 Å². The topological polar surface area (TPSA) is 74.6 Å². The van der Waals surface area contributed by atoms with Crippen molar-refractivity contribution < 1.29 is 14.9 Å². The Hall–Kier alpha value is -1.86. The Balaban J connectivity index is 1.56. The molecule has 3 aromatic rings. The number of nitrogens with zero attached hydrogens (tertiary/aromatic N) is 1. The van der Waals surface area contributed by atoms with Gasteiger partial charge in [-0.3, -0.25) is 4.98 Å². The molecule has 0 aliphatic carbocycles. The van der Waals surface area contributed by atoms with Crippen LogP contribution in [0.4, 0.5) is 0 Å². The Morgan fingerprint density at radius 1 is 1.00 bits per heavy atom. The van der Waals surface area contributed by atoms with Crippen molar-refractivity contribution in [1.82, 2.24) is 10.3 Å². The van der Waals surface area contributed by atoms with Crippen molar-refractivity contribution in [2.45, 2.75) is 18.6 Å². The fourth-order valence-electron chi connectivity index (χ4n) is 2.90. The van der Waals surface area contributed by atoms with Gasteiger partial charge in [-0.05, 0) is 41.8 Å². The molecule has 2 aromatic carbocycles. The molecule has 0 bridgehead atoms. The van der Waals surface area contributed by atoms with E-state index in [9.17, 15) is 10.2 Å². The highest BCUT2D eigenvalue weighted by Crippen LogP contribution is 2.35. The van der Waals surface area contributed by atoms with Gasteiger partial charge in [-0.1, -0.05) is 59.1 Å². The Morgan fingerprint density at radius 3 is 2.33 bits per heavy atom. The number of hydrogen-bond donors (Lipinski definition) is 3. The quantitative estimate of drug-likeness (QED) is 0.410. The third kappa shape index (κ3) is 6.32. The second-order valence-electron chi connectivity index (χ2n) is 6.74. The molecule has 1 heterocycles. The van der Waals surface area contributed by atoms with Gasteiger partial charge in [-0.25, -0.2) is 0 Å². The molecular formula is C22H21Cl3N2O3. The minimum absolute atomic E-state index is 0.0667. The Kier molecular flexibility index (Phi) is 8.33. The lowest BCUT2D eigenvalue weighted by Gasteiger charge is -2.19. The SMILES string of the molecule is OC[C@H](Cc1ccc(Oc2c(Cl)cncc2Cl)cc1)NC[C@@H](O)c1cccc(Cl)c1. The minimum Gasteiger partial charge on any atom is -0.454 e. The van der Waals surface area contributed by atoms with Gasteiger partial charge in [0, 0.05) is 30.0 Å². The molecule has 0 aliphatic rings. The predicted octanol–water partition coefficient (Wildman–Crippen LogP) is 5.06. The lowest BCUT2D eigenvalue weighted by Crippen LogP contribution is -2.37. The molecule has 1 aromatic heterocycles. The van der Waals surface area contributed by atoms with Crippen molar-refractivity contribution in [3.05, 3.63) is 87.1 Å². The van der Waals surface area contributed by atoms with Crippen LogP contribution in [0.3, 0.4) is 0 Å². The number of nitrogens with one attached hydrogen (secondary N) is 1. The molecule has 0 spiro atoms. The maximum Gasteiger partial charge on any atom is 0.167 e. The molecule has 0 amide bonds. The van der Waals surface area contributed by atoms with Crippen LogP contribution in [0, 0.1) is 0 Å². The summed E-state index contributed by atoms with van der Waals surface area (Å²) in [4.78, 5) is 3.90. The van der Waals surface area contributed by atoms with Crippen molar-refractivity contribution in [1.29, 1.82) is 0 Å². The summed E-state index contributed by atoms with van der Waals surface area (Å²) in [5, 5.41) is 24.4. The van der Waals surface area contributed by atoms with E-state index in [0.717, 1.165) is 11.1 Å². The zero-order valence-corrected chi connectivity index (χ0v) is 18.2. The van der Waals surface area contributed by atoms with Crippen molar-refractivity contribution in [2.75, 3.05) is 13.2 Å². The number of halogens is 3. The Morgan fingerprint density at radius 2 is 1.70 bits per heavy atom. The number of benzene rings is 2. The van der Waals surface area contributed by atoms with Crippen LogP contribution >= 0.6 is 34.8 Å². The Labute approximate surface area is 190 Å². The zero-order chi connectivity index (χ0) is 21.5. The van der Waals surface area contributed by atoms with E-state index >= 15 is 0 Å². The van der Waals surface area contributed by atoms with Crippen molar-refractivity contribution >= 4 is 34.8 Å². The molecule has 0 saturated carbocycles. The fraction of sp³-hybridized carbons (Fsp3) is 0.227. The highest BCUT2D eigenvalue weighted by molar-refractivity contribution is 6.36. The Bertz CT molecular complexity index is 950. The van der Waals surface area contributed by atoms with Gasteiger partial charge < -0.3 is 20.3 Å². The van der Waals surface area contributed by atoms with E-state index in [1.165, 1.54) is 12.4 Å². The summed E-state index contributed by atoms with van der Waals surface area (Å²) in [6.45, 7) is 0.231. The first kappa shape index (κ1) is 22.8. The number of ether oxygens (including phenoxy) is 1. The van der Waals surface area contributed by atoms with Crippen LogP contribution in [0.5, 0.6) is 11.5 Å². The normalized spacial score (nSPS) is 13.1. The lowest BCUT2D eigenvalue weighted by molar-refractivity contribution is 0.158. The molecule has 0 fully saturated rings. The molecule has 0 aliphatic heterocycles. The van der Waals surface area contributed by atoms with Crippen LogP contribution in [0.25, 0.3) is 0 Å². The average Bonchev–Trinajstić information content (AvgIpc) is 2.74. The van der Waals surface area contributed by atoms with Crippen LogP contribution in [0.1, 0.15) is 17.2 Å². The minimum atomic E-state index is -0.719. The standard InChI is InChI=1S/C22H21Cl3N2O3/c23-16-3-1-2-15(9-16)21(29)12-27-17(13-28)8-14-4-6-18(7-5-14)30-22-19(24)10-26-11-20(22)25/h1-7,9-11,17,21,27-29H,8,12-13H2/t17-,21+/m0/s1. The summed E-state index contributed by atoms with van der Waals surface area (Å²) in [7, 11) is 0. The van der Waals surface area contributed by atoms with E-state index in [4.69, 9.17) is 39.5 Å². The fourth-order valence-corrected chi connectivity index (χ4v) is 3.54. The molecule has 0 saturated heterocycles. The molecule has 8 heteroatoms. The van der Waals surface area contributed by atoms with Gasteiger partial charge in [-0.2, -0.15) is 0 Å². The van der Waals surface area contributed by atoms with E-state index in [-0.39, 0.29) is 12.6 Å². The number of aliphatic hydroxyl groups excluding tert-OH is 2. The van der Waals surface area contributed by atoms with Gasteiger partial charge in [0.15, 0.2) is 5.75 Å². The number of pyridine rings is 1. The predicted molar refractivity (Wildman–Crippen MR) is 120 cm³/mol. The third-order valence-corrected chi connectivity index (χ3v) is 5.26. The van der Waals surface area contributed by atoms with E-state index in [0.29, 0.717) is 39.5 Å². The summed E-state index contributed by atoms with van der Waals surface area (Å²) in [5.74, 6) is 0.935. The van der Waals surface area contributed by atoms with Gasteiger partial charge in [0.1, 0.15) is 15.8 Å². The number of aromatic nitrogens is 1. The summed E-state index contributed by atoms with van der Waals surface area (Å²) in [6, 6.07) is 14.3. The summed E-state index contributed by atoms with van der Waals surface area (Å²) in [5.41, 5.74) is 1.72. The number of rotatable bonds is 9. The second kappa shape index (κ2) is 11.0. The third-order valence-electron chi connectivity index (χ3n) is 4.49. The summed E-state index contributed by atoms with van der Waals surface area (Å²) >= 11 is 18.1. The smallest absolute Gasteiger partial charge is 0.167 e. The van der Waals surface area contributed by atoms with Crippen LogP contribution in [0.2, 0.25) is 15.1 Å². The first-order valence-electron chi connectivity index (χ1n) is 9.30. The largest absolute Gasteiger partial charge is 0.454 e. The molecule has 2 atom stereocenters. The average molecular weight is 468 g/mol. The van der Waals surface area contributed by atoms with E-state index in [2.05, 4.69) is 10.3 Å². The molecule has 5 nitrogen and oxygen atoms in total. The van der Waals surface area contributed by atoms with Gasteiger partial charge in [0.2, 0.25) is 0 Å². The van der Waals surface area contributed by atoms with E-state index < -0.39 is 6.10 Å². The highest BCUT2D eigenvalue weighted by Gasteiger charge is 2.14. The molecular weight excluding hydrogens is 447 g/mol. The van der Waals surface area contributed by atoms with Crippen LogP contribution < -0.4 is 10.1 Å². The molecule has 3 N–H and O–H groups in total. The van der Waals surface area contributed by atoms with E-state index in [1.54, 1.807) is 30.3 Å². The zero-order valence-electron chi connectivity index (χ0n) is 15.9. The second-order valence-corrected chi connectivity index (χ2v) is 7.99. The van der Waals surface area contributed by atoms with Crippen LogP contribution in [0.15, 0.2) is 60.9 Å². The summed E-state index contributed by atoms with van der Waals surface area (Å²) in [6.07, 6.45) is 2.79. The molecule has 0 radical (unpaired) electrons. The number of hydrogen-bond acceptors (Lipinski definition) is 5. The van der Waals surface area contributed by atoms with Gasteiger partial charge in [0.05, 0.1) is 12.7 Å². The summed E-state index contributed by atoms with van der Waals surface area (Å²) < 4.78 is 5.75. The van der Waals surface area contributed by atoms with Crippen LogP contribution in [-0.4, -0.2) is 34.4 Å². The molecule has 158 valence electrons. The van der Waals surface area contributed by atoms with Gasteiger partial charge >= 0.3 is 0 Å². The van der Waals surface area contributed by atoms with Crippen molar-refractivity contribution in [2.24, 2.45) is 0 Å². The van der Waals surface area contributed by atoms with Crippen molar-refractivity contribution in [3.63, 3.8) is 0 Å². The van der Waals surface area contributed by atoms with Gasteiger partial charge in [-0.15, -0.1) is 0 Å². The first-order chi connectivity index (χ1) is 14.5. The van der Waals surface area contributed by atoms with Crippen LogP contribution in [-0.2, 0) is 6.42 Å². The number of aliphatic hydroxyl groups is 2. The molecule has 0 unspecified atom stereocenters. The first-order valence-corrected chi connectivity index (χ1v) is 10.4. The molecule has 30 heavy (non-hydrogen) atoms.